The SMILES string of the molecule is NC(C(=O)O)(c1ccc(Cl)cc1)C(F)(F)F. The maximum atomic E-state index is 12.6. The van der Waals surface area contributed by atoms with Gasteiger partial charge in [-0.1, -0.05) is 23.7 Å². The summed E-state index contributed by atoms with van der Waals surface area (Å²) in [6, 6.07) is 4.16. The number of nitrogens with two attached hydrogens (primary N) is 1. The summed E-state index contributed by atoms with van der Waals surface area (Å²) in [4.78, 5) is 10.7. The van der Waals surface area contributed by atoms with Crippen molar-refractivity contribution in [3.05, 3.63) is 34.9 Å². The van der Waals surface area contributed by atoms with Gasteiger partial charge >= 0.3 is 12.1 Å². The summed E-state index contributed by atoms with van der Waals surface area (Å²) in [5.74, 6) is -2.16. The number of rotatable bonds is 2. The van der Waals surface area contributed by atoms with E-state index in [0.29, 0.717) is 0 Å². The van der Waals surface area contributed by atoms with Crippen LogP contribution in [0.2, 0.25) is 5.02 Å². The molecule has 88 valence electrons. The van der Waals surface area contributed by atoms with Crippen molar-refractivity contribution in [3.63, 3.8) is 0 Å². The minimum absolute atomic E-state index is 0.193. The Hall–Kier alpha value is -1.27. The molecule has 0 radical (unpaired) electrons. The van der Waals surface area contributed by atoms with Gasteiger partial charge in [-0.05, 0) is 17.7 Å². The summed E-state index contributed by atoms with van der Waals surface area (Å²) in [6.07, 6.45) is -5.09. The molecule has 1 aromatic rings. The number of carboxylic acids is 1. The van der Waals surface area contributed by atoms with Gasteiger partial charge in [0.2, 0.25) is 5.54 Å². The molecule has 0 bridgehead atoms. The molecule has 3 N–H and O–H groups in total. The molecule has 1 atom stereocenters. The molecule has 7 heteroatoms. The van der Waals surface area contributed by atoms with Gasteiger partial charge in [0.25, 0.3) is 0 Å². The van der Waals surface area contributed by atoms with E-state index in [1.165, 1.54) is 0 Å². The summed E-state index contributed by atoms with van der Waals surface area (Å²) in [5, 5.41) is 8.81. The Morgan fingerprint density at radius 3 is 2.00 bits per heavy atom. The Kier molecular flexibility index (Phi) is 3.16. The van der Waals surface area contributed by atoms with Crippen molar-refractivity contribution in [1.82, 2.24) is 0 Å². The van der Waals surface area contributed by atoms with Crippen LogP contribution in [0.5, 0.6) is 0 Å². The number of benzene rings is 1. The lowest BCUT2D eigenvalue weighted by molar-refractivity contribution is -0.204. The molecular formula is C9H7ClF3NO2. The lowest BCUT2D eigenvalue weighted by Crippen LogP contribution is -2.56. The van der Waals surface area contributed by atoms with Crippen LogP contribution >= 0.6 is 11.6 Å². The van der Waals surface area contributed by atoms with Crippen LogP contribution in [0.25, 0.3) is 0 Å². The summed E-state index contributed by atoms with van der Waals surface area (Å²) in [7, 11) is 0. The molecule has 1 aromatic carbocycles. The Morgan fingerprint density at radius 2 is 1.69 bits per heavy atom. The molecule has 0 aliphatic heterocycles. The molecule has 0 aliphatic rings. The molecule has 1 rings (SSSR count). The average Bonchev–Trinajstić information content (AvgIpc) is 2.15. The second-order valence-corrected chi connectivity index (χ2v) is 3.55. The Balaban J connectivity index is 3.34. The largest absolute Gasteiger partial charge is 0.479 e. The smallest absolute Gasteiger partial charge is 0.421 e. The number of carboxylic acid groups (broad SMARTS) is 1. The van der Waals surface area contributed by atoms with Crippen LogP contribution < -0.4 is 5.73 Å². The van der Waals surface area contributed by atoms with Crippen LogP contribution in [0.1, 0.15) is 5.56 Å². The average molecular weight is 254 g/mol. The van der Waals surface area contributed by atoms with Crippen molar-refractivity contribution < 1.29 is 23.1 Å². The maximum absolute atomic E-state index is 12.6. The molecule has 0 saturated carbocycles. The first-order valence-corrected chi connectivity index (χ1v) is 4.42. The van der Waals surface area contributed by atoms with E-state index in [1.54, 1.807) is 0 Å². The number of carbonyl (C=O) groups is 1. The van der Waals surface area contributed by atoms with Gasteiger partial charge in [-0.2, -0.15) is 13.2 Å². The van der Waals surface area contributed by atoms with Crippen LogP contribution in [0.15, 0.2) is 24.3 Å². The minimum Gasteiger partial charge on any atom is -0.479 e. The summed E-state index contributed by atoms with van der Waals surface area (Å²) in [6.45, 7) is 0. The number of aliphatic carboxylic acids is 1. The van der Waals surface area contributed by atoms with Crippen LogP contribution in [0.3, 0.4) is 0 Å². The maximum Gasteiger partial charge on any atom is 0.421 e. The zero-order valence-corrected chi connectivity index (χ0v) is 8.51. The van der Waals surface area contributed by atoms with E-state index in [4.69, 9.17) is 22.4 Å². The van der Waals surface area contributed by atoms with Gasteiger partial charge in [-0.15, -0.1) is 0 Å². The topological polar surface area (TPSA) is 63.3 Å². The van der Waals surface area contributed by atoms with Gasteiger partial charge < -0.3 is 10.8 Å². The fourth-order valence-corrected chi connectivity index (χ4v) is 1.25. The highest BCUT2D eigenvalue weighted by atomic mass is 35.5. The minimum atomic E-state index is -5.09. The molecule has 0 aromatic heterocycles. The number of hydrogen-bond acceptors (Lipinski definition) is 2. The van der Waals surface area contributed by atoms with Gasteiger partial charge in [0.05, 0.1) is 0 Å². The van der Waals surface area contributed by atoms with Gasteiger partial charge in [-0.25, -0.2) is 4.79 Å². The van der Waals surface area contributed by atoms with Gasteiger partial charge in [0.15, 0.2) is 0 Å². The monoisotopic (exact) mass is 253 g/mol. The first-order chi connectivity index (χ1) is 7.19. The quantitative estimate of drug-likeness (QED) is 0.849. The first kappa shape index (κ1) is 12.8. The fourth-order valence-electron chi connectivity index (χ4n) is 1.12. The second kappa shape index (κ2) is 3.95. The van der Waals surface area contributed by atoms with Crippen molar-refractivity contribution in [2.45, 2.75) is 11.7 Å². The van der Waals surface area contributed by atoms with Crippen LogP contribution in [-0.2, 0) is 10.3 Å². The molecule has 0 saturated heterocycles. The highest BCUT2D eigenvalue weighted by Gasteiger charge is 2.59. The molecule has 1 unspecified atom stereocenters. The molecule has 0 aliphatic carbocycles. The third kappa shape index (κ3) is 1.98. The Morgan fingerprint density at radius 1 is 1.25 bits per heavy atom. The zero-order valence-electron chi connectivity index (χ0n) is 7.75. The Bertz CT molecular complexity index is 404. The standard InChI is InChI=1S/C9H7ClF3NO2/c10-6-3-1-5(2-4-6)8(14,7(15)16)9(11,12)13/h1-4H,14H2,(H,15,16). The third-order valence-electron chi connectivity index (χ3n) is 2.08. The third-order valence-corrected chi connectivity index (χ3v) is 2.34. The summed E-state index contributed by atoms with van der Waals surface area (Å²) >= 11 is 5.49. The van der Waals surface area contributed by atoms with Crippen LogP contribution in [-0.4, -0.2) is 17.3 Å². The van der Waals surface area contributed by atoms with Gasteiger partial charge in [0.1, 0.15) is 0 Å². The van der Waals surface area contributed by atoms with Crippen molar-refractivity contribution >= 4 is 17.6 Å². The van der Waals surface area contributed by atoms with E-state index in [2.05, 4.69) is 0 Å². The van der Waals surface area contributed by atoms with Gasteiger partial charge in [0, 0.05) is 5.02 Å². The van der Waals surface area contributed by atoms with E-state index in [0.717, 1.165) is 24.3 Å². The fraction of sp³-hybridized carbons (Fsp3) is 0.222. The molecule has 0 fully saturated rings. The van der Waals surface area contributed by atoms with E-state index >= 15 is 0 Å². The zero-order chi connectivity index (χ0) is 12.6. The number of hydrogen-bond donors (Lipinski definition) is 2. The molecular weight excluding hydrogens is 247 g/mol. The molecule has 3 nitrogen and oxygen atoms in total. The molecule has 0 spiro atoms. The lowest BCUT2D eigenvalue weighted by atomic mass is 9.90. The predicted molar refractivity (Wildman–Crippen MR) is 51.0 cm³/mol. The van der Waals surface area contributed by atoms with Gasteiger partial charge in [-0.3, -0.25) is 0 Å². The molecule has 0 amide bonds. The predicted octanol–water partition coefficient (Wildman–Crippen LogP) is 2.14. The van der Waals surface area contributed by atoms with E-state index in [1.807, 2.05) is 0 Å². The number of alkyl halides is 3. The van der Waals surface area contributed by atoms with Crippen LogP contribution in [0, 0.1) is 0 Å². The van der Waals surface area contributed by atoms with Crippen molar-refractivity contribution in [2.24, 2.45) is 5.73 Å². The normalized spacial score (nSPS) is 15.6. The highest BCUT2D eigenvalue weighted by molar-refractivity contribution is 6.30. The molecule has 16 heavy (non-hydrogen) atoms. The van der Waals surface area contributed by atoms with Crippen molar-refractivity contribution in [2.75, 3.05) is 0 Å². The highest BCUT2D eigenvalue weighted by Crippen LogP contribution is 2.37. The number of halogens is 4. The summed E-state index contributed by atoms with van der Waals surface area (Å²) < 4.78 is 37.8. The first-order valence-electron chi connectivity index (χ1n) is 4.04. The lowest BCUT2D eigenvalue weighted by Gasteiger charge is -2.27. The van der Waals surface area contributed by atoms with E-state index in [9.17, 15) is 18.0 Å². The van der Waals surface area contributed by atoms with Crippen molar-refractivity contribution in [1.29, 1.82) is 0 Å². The molecule has 0 heterocycles. The van der Waals surface area contributed by atoms with Crippen molar-refractivity contribution in [3.8, 4) is 0 Å². The summed E-state index contributed by atoms with van der Waals surface area (Å²) in [5.41, 5.74) is 0.930. The van der Waals surface area contributed by atoms with Crippen LogP contribution in [0.4, 0.5) is 13.2 Å². The van der Waals surface area contributed by atoms with E-state index in [-0.39, 0.29) is 5.02 Å². The van der Waals surface area contributed by atoms with E-state index < -0.39 is 23.2 Å². The Labute approximate surface area is 93.6 Å². The second-order valence-electron chi connectivity index (χ2n) is 3.12.